The van der Waals surface area contributed by atoms with Gasteiger partial charge >= 0.3 is 5.97 Å². The molecule has 0 spiro atoms. The van der Waals surface area contributed by atoms with Gasteiger partial charge in [-0.3, -0.25) is 9.59 Å². The first-order chi connectivity index (χ1) is 20.0. The van der Waals surface area contributed by atoms with Crippen molar-refractivity contribution >= 4 is 23.5 Å². The van der Waals surface area contributed by atoms with E-state index in [1.165, 1.54) is 28.7 Å². The molecule has 42 heavy (non-hydrogen) atoms. The summed E-state index contributed by atoms with van der Waals surface area (Å²) >= 11 is 5.94. The zero-order valence-electron chi connectivity index (χ0n) is 24.2. The highest BCUT2D eigenvalue weighted by molar-refractivity contribution is 6.30. The van der Waals surface area contributed by atoms with E-state index >= 15 is 0 Å². The Labute approximate surface area is 251 Å². The molecule has 3 aromatic rings. The largest absolute Gasteiger partial charge is 0.487 e. The Morgan fingerprint density at radius 3 is 2.52 bits per heavy atom. The third-order valence-corrected chi connectivity index (χ3v) is 8.90. The second-order valence-corrected chi connectivity index (χ2v) is 12.4. The van der Waals surface area contributed by atoms with Gasteiger partial charge in [0.25, 0.3) is 5.91 Å². The highest BCUT2D eigenvalue weighted by Gasteiger charge is 2.50. The number of nitrogens with zero attached hydrogens (tertiary/aromatic N) is 1. The van der Waals surface area contributed by atoms with E-state index < -0.39 is 29.8 Å². The van der Waals surface area contributed by atoms with Crippen LogP contribution in [0.15, 0.2) is 66.7 Å². The number of carboxylic acids is 1. The number of amides is 1. The van der Waals surface area contributed by atoms with Crippen LogP contribution in [0.2, 0.25) is 5.02 Å². The van der Waals surface area contributed by atoms with Gasteiger partial charge < -0.3 is 19.5 Å². The summed E-state index contributed by atoms with van der Waals surface area (Å²) in [5.74, 6) is -1.07. The van der Waals surface area contributed by atoms with Crippen LogP contribution in [0, 0.1) is 17.7 Å². The maximum absolute atomic E-state index is 13.7. The number of carboxylic acid groups (broad SMARTS) is 1. The zero-order chi connectivity index (χ0) is 30.0. The fourth-order valence-corrected chi connectivity index (χ4v) is 6.46. The SMILES string of the molecule is CC(C)[C@@H]1CC[C@@H]2[C@@H](O1)c1cc(C(=O)N(CC(=O)O)Cc3ccc(F)c(Cl)c3)ccc1O[C@@]2(C)CCc1ccccc1. The molecule has 6 nitrogen and oxygen atoms in total. The Kier molecular flexibility index (Phi) is 8.90. The van der Waals surface area contributed by atoms with Gasteiger partial charge in [-0.15, -0.1) is 0 Å². The fraction of sp³-hybridized carbons (Fsp3) is 0.412. The number of ether oxygens (including phenoxy) is 2. The van der Waals surface area contributed by atoms with Gasteiger partial charge in [0.1, 0.15) is 23.7 Å². The lowest BCUT2D eigenvalue weighted by Crippen LogP contribution is -2.51. The van der Waals surface area contributed by atoms with E-state index in [2.05, 4.69) is 32.9 Å². The number of aliphatic carboxylic acids is 1. The smallest absolute Gasteiger partial charge is 0.323 e. The number of halogens is 2. The summed E-state index contributed by atoms with van der Waals surface area (Å²) in [4.78, 5) is 26.6. The van der Waals surface area contributed by atoms with Crippen LogP contribution in [0.3, 0.4) is 0 Å². The number of hydrogen-bond acceptors (Lipinski definition) is 4. The number of carbonyl (C=O) groups excluding carboxylic acids is 1. The quantitative estimate of drug-likeness (QED) is 0.278. The van der Waals surface area contributed by atoms with Crippen molar-refractivity contribution in [1.29, 1.82) is 0 Å². The molecule has 1 N–H and O–H groups in total. The van der Waals surface area contributed by atoms with Crippen molar-refractivity contribution in [3.05, 3.63) is 99.8 Å². The first-order valence-electron chi connectivity index (χ1n) is 14.5. The summed E-state index contributed by atoms with van der Waals surface area (Å²) in [5.41, 5.74) is 2.48. The molecule has 0 saturated carbocycles. The Hall–Kier alpha value is -3.42. The van der Waals surface area contributed by atoms with E-state index in [1.54, 1.807) is 18.2 Å². The van der Waals surface area contributed by atoms with Crippen LogP contribution in [0.4, 0.5) is 4.39 Å². The van der Waals surface area contributed by atoms with E-state index in [1.807, 2.05) is 18.2 Å². The van der Waals surface area contributed by atoms with Gasteiger partial charge in [-0.1, -0.05) is 61.8 Å². The molecule has 0 radical (unpaired) electrons. The first-order valence-corrected chi connectivity index (χ1v) is 14.9. The summed E-state index contributed by atoms with van der Waals surface area (Å²) in [7, 11) is 0. The minimum Gasteiger partial charge on any atom is -0.487 e. The van der Waals surface area contributed by atoms with Crippen LogP contribution in [0.1, 0.15) is 73.2 Å². The van der Waals surface area contributed by atoms with Crippen molar-refractivity contribution in [3.8, 4) is 5.75 Å². The van der Waals surface area contributed by atoms with Crippen LogP contribution in [-0.2, 0) is 22.5 Å². The number of hydrogen-bond donors (Lipinski definition) is 1. The monoisotopic (exact) mass is 593 g/mol. The van der Waals surface area contributed by atoms with E-state index in [-0.39, 0.29) is 29.7 Å². The molecule has 222 valence electrons. The molecule has 0 bridgehead atoms. The molecule has 1 saturated heterocycles. The topological polar surface area (TPSA) is 76.1 Å². The van der Waals surface area contributed by atoms with Crippen molar-refractivity contribution in [2.45, 2.75) is 70.8 Å². The van der Waals surface area contributed by atoms with Gasteiger partial charge in [0, 0.05) is 23.6 Å². The molecule has 3 aromatic carbocycles. The Morgan fingerprint density at radius 2 is 1.83 bits per heavy atom. The van der Waals surface area contributed by atoms with E-state index in [0.29, 0.717) is 22.8 Å². The van der Waals surface area contributed by atoms with Gasteiger partial charge in [0.2, 0.25) is 0 Å². The van der Waals surface area contributed by atoms with Gasteiger partial charge in [-0.2, -0.15) is 0 Å². The van der Waals surface area contributed by atoms with Crippen LogP contribution in [0.25, 0.3) is 0 Å². The summed E-state index contributed by atoms with van der Waals surface area (Å²) in [5, 5.41) is 9.47. The van der Waals surface area contributed by atoms with Crippen molar-refractivity contribution in [3.63, 3.8) is 0 Å². The second kappa shape index (κ2) is 12.4. The Morgan fingerprint density at radius 1 is 1.07 bits per heavy atom. The zero-order valence-corrected chi connectivity index (χ0v) is 24.9. The molecule has 2 heterocycles. The molecule has 1 amide bonds. The molecule has 0 aromatic heterocycles. The van der Waals surface area contributed by atoms with Gasteiger partial charge in [0.15, 0.2) is 0 Å². The number of benzene rings is 3. The molecule has 2 aliphatic heterocycles. The molecule has 0 aliphatic carbocycles. The van der Waals surface area contributed by atoms with Crippen molar-refractivity contribution in [1.82, 2.24) is 4.90 Å². The summed E-state index contributed by atoms with van der Waals surface area (Å²) in [6, 6.07) is 19.7. The number of carbonyl (C=O) groups is 2. The van der Waals surface area contributed by atoms with Crippen molar-refractivity contribution in [2.24, 2.45) is 11.8 Å². The lowest BCUT2D eigenvalue weighted by molar-refractivity contribution is -0.166. The standard InChI is InChI=1S/C34H37ClFNO5/c1-21(2)29-14-11-26-32(41-29)25-18-24(10-13-30(25)42-34(26,3)16-15-22-7-5-4-6-8-22)33(40)37(20-31(38)39)19-23-9-12-28(36)27(35)17-23/h4-10,12-13,17-18,21,26,29,32H,11,14-16,19-20H2,1-3H3,(H,38,39)/t26-,29+,32+,34+/m1/s1. The minimum absolute atomic E-state index is 0.0335. The molecule has 4 atom stereocenters. The molecule has 2 aliphatic rings. The van der Waals surface area contributed by atoms with Gasteiger partial charge in [-0.25, -0.2) is 4.39 Å². The fourth-order valence-electron chi connectivity index (χ4n) is 6.25. The highest BCUT2D eigenvalue weighted by atomic mass is 35.5. The lowest BCUT2D eigenvalue weighted by atomic mass is 9.71. The summed E-state index contributed by atoms with van der Waals surface area (Å²) in [6.45, 7) is 5.93. The Balaban J connectivity index is 1.45. The summed E-state index contributed by atoms with van der Waals surface area (Å²) < 4.78 is 27.2. The number of aryl methyl sites for hydroxylation is 1. The minimum atomic E-state index is -1.15. The van der Waals surface area contributed by atoms with Gasteiger partial charge in [0.05, 0.1) is 17.2 Å². The third-order valence-electron chi connectivity index (χ3n) is 8.61. The molecular weight excluding hydrogens is 557 g/mol. The average molecular weight is 594 g/mol. The maximum Gasteiger partial charge on any atom is 0.323 e. The predicted octanol–water partition coefficient (Wildman–Crippen LogP) is 7.48. The predicted molar refractivity (Wildman–Crippen MR) is 159 cm³/mol. The Bertz CT molecular complexity index is 1450. The van der Waals surface area contributed by atoms with Crippen LogP contribution < -0.4 is 4.74 Å². The van der Waals surface area contributed by atoms with Crippen molar-refractivity contribution in [2.75, 3.05) is 6.54 Å². The lowest BCUT2D eigenvalue weighted by Gasteiger charge is -2.51. The molecule has 8 heteroatoms. The van der Waals surface area contributed by atoms with Crippen molar-refractivity contribution < 1.29 is 28.6 Å². The van der Waals surface area contributed by atoms with Crippen LogP contribution in [-0.4, -0.2) is 40.1 Å². The average Bonchev–Trinajstić information content (AvgIpc) is 2.97. The first kappa shape index (κ1) is 30.1. The van der Waals surface area contributed by atoms with Gasteiger partial charge in [-0.05, 0) is 80.0 Å². The number of rotatable bonds is 9. The second-order valence-electron chi connectivity index (χ2n) is 12.0. The summed E-state index contributed by atoms with van der Waals surface area (Å²) in [6.07, 6.45) is 3.39. The van der Waals surface area contributed by atoms with E-state index in [4.69, 9.17) is 21.1 Å². The molecule has 5 rings (SSSR count). The third kappa shape index (κ3) is 6.47. The molecular formula is C34H37ClFNO5. The molecule has 1 fully saturated rings. The molecule has 0 unspecified atom stereocenters. The van der Waals surface area contributed by atoms with E-state index in [9.17, 15) is 19.1 Å². The maximum atomic E-state index is 13.7. The van der Waals surface area contributed by atoms with E-state index in [0.717, 1.165) is 31.2 Å². The van der Waals surface area contributed by atoms with Crippen LogP contribution in [0.5, 0.6) is 5.75 Å². The number of fused-ring (bicyclic) bond motifs is 3. The normalized spacial score (nSPS) is 23.0. The highest BCUT2D eigenvalue weighted by Crippen LogP contribution is 2.53. The van der Waals surface area contributed by atoms with Crippen LogP contribution >= 0.6 is 11.6 Å².